The van der Waals surface area contributed by atoms with Crippen LogP contribution in [0.25, 0.3) is 10.8 Å². The van der Waals surface area contributed by atoms with Gasteiger partial charge in [-0.2, -0.15) is 0 Å². The van der Waals surface area contributed by atoms with Gasteiger partial charge >= 0.3 is 0 Å². The van der Waals surface area contributed by atoms with E-state index in [1.165, 1.54) is 0 Å². The highest BCUT2D eigenvalue weighted by Crippen LogP contribution is 2.29. The highest BCUT2D eigenvalue weighted by Gasteiger charge is 2.28. The zero-order valence-electron chi connectivity index (χ0n) is 11.9. The maximum absolute atomic E-state index is 9.33. The molecule has 1 aliphatic rings. The minimum absolute atomic E-state index is 0.0763. The van der Waals surface area contributed by atoms with E-state index in [1.54, 1.807) is 11.3 Å². The summed E-state index contributed by atoms with van der Waals surface area (Å²) in [4.78, 5) is 7.95. The Morgan fingerprint density at radius 3 is 2.95 bits per heavy atom. The number of hydrogen-bond donors (Lipinski definition) is 1. The molecule has 2 heterocycles. The molecule has 0 spiro atoms. The van der Waals surface area contributed by atoms with Gasteiger partial charge in [-0.1, -0.05) is 6.07 Å². The Hall–Kier alpha value is -1.17. The number of aliphatic hydroxyl groups excluding tert-OH is 1. The van der Waals surface area contributed by atoms with Gasteiger partial charge in [-0.15, -0.1) is 11.3 Å². The number of nitrogens with zero attached hydrogens (tertiary/aromatic N) is 2. The topological polar surface area (TPSA) is 49.5 Å². The van der Waals surface area contributed by atoms with E-state index in [0.717, 1.165) is 48.2 Å². The highest BCUT2D eigenvalue weighted by molar-refractivity contribution is 7.13. The van der Waals surface area contributed by atoms with Crippen LogP contribution in [0.5, 0.6) is 0 Å². The van der Waals surface area contributed by atoms with Gasteiger partial charge in [0.1, 0.15) is 5.76 Å². The van der Waals surface area contributed by atoms with E-state index < -0.39 is 0 Å². The quantitative estimate of drug-likeness (QED) is 0.920. The Morgan fingerprint density at radius 2 is 2.30 bits per heavy atom. The van der Waals surface area contributed by atoms with Crippen LogP contribution in [0.1, 0.15) is 24.3 Å². The Morgan fingerprint density at radius 1 is 1.50 bits per heavy atom. The summed E-state index contributed by atoms with van der Waals surface area (Å²) in [5.41, 5.74) is 1.01. The lowest BCUT2D eigenvalue weighted by Gasteiger charge is -2.34. The molecule has 0 radical (unpaired) electrons. The van der Waals surface area contributed by atoms with Crippen molar-refractivity contribution in [3.8, 4) is 10.8 Å². The van der Waals surface area contributed by atoms with Crippen molar-refractivity contribution in [2.75, 3.05) is 13.6 Å². The summed E-state index contributed by atoms with van der Waals surface area (Å²) in [5, 5.41) is 11.4. The van der Waals surface area contributed by atoms with Crippen LogP contribution in [0.15, 0.2) is 21.9 Å². The summed E-state index contributed by atoms with van der Waals surface area (Å²) in [6.07, 6.45) is 1.79. The smallest absolute Gasteiger partial charge is 0.236 e. The number of rotatable bonds is 5. The lowest BCUT2D eigenvalue weighted by atomic mass is 9.82. The van der Waals surface area contributed by atoms with Crippen molar-refractivity contribution in [2.24, 2.45) is 5.92 Å². The van der Waals surface area contributed by atoms with Gasteiger partial charge in [0.2, 0.25) is 5.89 Å². The second kappa shape index (κ2) is 5.68. The molecule has 2 aromatic heterocycles. The zero-order chi connectivity index (χ0) is 14.1. The van der Waals surface area contributed by atoms with Crippen LogP contribution in [0.4, 0.5) is 0 Å². The molecule has 0 aliphatic heterocycles. The lowest BCUT2D eigenvalue weighted by molar-refractivity contribution is 0.0272. The van der Waals surface area contributed by atoms with Gasteiger partial charge in [0.25, 0.3) is 0 Å². The molecule has 1 aliphatic carbocycles. The Bertz CT molecular complexity index is 558. The van der Waals surface area contributed by atoms with Crippen molar-refractivity contribution >= 4 is 11.3 Å². The molecular weight excluding hydrogens is 272 g/mol. The molecule has 108 valence electrons. The van der Waals surface area contributed by atoms with Crippen LogP contribution in [0.2, 0.25) is 0 Å². The summed E-state index contributed by atoms with van der Waals surface area (Å²) < 4.78 is 5.75. The molecular formula is C15H20N2O2S. The highest BCUT2D eigenvalue weighted by atomic mass is 32.1. The van der Waals surface area contributed by atoms with E-state index in [2.05, 4.69) is 16.9 Å². The van der Waals surface area contributed by atoms with Crippen LogP contribution in [-0.2, 0) is 6.54 Å². The van der Waals surface area contributed by atoms with Gasteiger partial charge in [-0.3, -0.25) is 0 Å². The number of aromatic nitrogens is 1. The largest absolute Gasteiger partial charge is 0.440 e. The maximum atomic E-state index is 9.33. The molecule has 1 fully saturated rings. The standard InChI is InChI=1S/C15H20N2O2S/c1-10-13(9-17(2)8-11-6-12(18)7-11)16-15(19-10)14-4-3-5-20-14/h3-5,11-12,18H,6-9H2,1-2H3. The van der Waals surface area contributed by atoms with Crippen molar-refractivity contribution in [3.05, 3.63) is 29.0 Å². The number of thiophene rings is 1. The molecule has 0 unspecified atom stereocenters. The Balaban J connectivity index is 1.62. The van der Waals surface area contributed by atoms with Crippen LogP contribution in [-0.4, -0.2) is 34.7 Å². The molecule has 0 bridgehead atoms. The first-order valence-corrected chi connectivity index (χ1v) is 7.86. The third kappa shape index (κ3) is 2.95. The first-order chi connectivity index (χ1) is 9.61. The van der Waals surface area contributed by atoms with Crippen molar-refractivity contribution in [2.45, 2.75) is 32.4 Å². The van der Waals surface area contributed by atoms with Crippen molar-refractivity contribution < 1.29 is 9.52 Å². The molecule has 1 N–H and O–H groups in total. The SMILES string of the molecule is Cc1oc(-c2cccs2)nc1CN(C)CC1CC(O)C1. The first-order valence-electron chi connectivity index (χ1n) is 6.98. The molecule has 3 rings (SSSR count). The molecule has 0 saturated heterocycles. The van der Waals surface area contributed by atoms with Crippen molar-refractivity contribution in [1.29, 1.82) is 0 Å². The average molecular weight is 292 g/mol. The minimum Gasteiger partial charge on any atom is -0.440 e. The third-order valence-electron chi connectivity index (χ3n) is 3.83. The van der Waals surface area contributed by atoms with E-state index in [0.29, 0.717) is 5.92 Å². The molecule has 0 atom stereocenters. The fourth-order valence-corrected chi connectivity index (χ4v) is 3.34. The Labute approximate surface area is 123 Å². The summed E-state index contributed by atoms with van der Waals surface area (Å²) in [5.74, 6) is 2.24. The van der Waals surface area contributed by atoms with Crippen LogP contribution in [0.3, 0.4) is 0 Å². The maximum Gasteiger partial charge on any atom is 0.236 e. The number of oxazole rings is 1. The van der Waals surface area contributed by atoms with Gasteiger partial charge in [0.05, 0.1) is 16.7 Å². The van der Waals surface area contributed by atoms with Gasteiger partial charge in [-0.25, -0.2) is 4.98 Å². The van der Waals surface area contributed by atoms with E-state index >= 15 is 0 Å². The third-order valence-corrected chi connectivity index (χ3v) is 4.68. The van der Waals surface area contributed by atoms with Gasteiger partial charge in [0.15, 0.2) is 0 Å². The first kappa shape index (κ1) is 13.8. The predicted octanol–water partition coefficient (Wildman–Crippen LogP) is 2.91. The fraction of sp³-hybridized carbons (Fsp3) is 0.533. The summed E-state index contributed by atoms with van der Waals surface area (Å²) in [6, 6.07) is 4.03. The number of aliphatic hydroxyl groups is 1. The predicted molar refractivity (Wildman–Crippen MR) is 79.6 cm³/mol. The lowest BCUT2D eigenvalue weighted by Crippen LogP contribution is -2.36. The van der Waals surface area contributed by atoms with Crippen molar-refractivity contribution in [1.82, 2.24) is 9.88 Å². The van der Waals surface area contributed by atoms with Crippen molar-refractivity contribution in [3.63, 3.8) is 0 Å². The van der Waals surface area contributed by atoms with Crippen LogP contribution >= 0.6 is 11.3 Å². The molecule has 0 aromatic carbocycles. The molecule has 20 heavy (non-hydrogen) atoms. The monoisotopic (exact) mass is 292 g/mol. The molecule has 5 heteroatoms. The minimum atomic E-state index is -0.0763. The van der Waals surface area contributed by atoms with E-state index in [9.17, 15) is 5.11 Å². The molecule has 2 aromatic rings. The molecule has 0 amide bonds. The van der Waals surface area contributed by atoms with E-state index in [4.69, 9.17) is 4.42 Å². The number of aryl methyl sites for hydroxylation is 1. The summed E-state index contributed by atoms with van der Waals surface area (Å²) in [6.45, 7) is 3.78. The summed E-state index contributed by atoms with van der Waals surface area (Å²) >= 11 is 1.64. The second-order valence-corrected chi connectivity index (χ2v) is 6.63. The van der Waals surface area contributed by atoms with Gasteiger partial charge < -0.3 is 14.4 Å². The second-order valence-electron chi connectivity index (χ2n) is 5.69. The van der Waals surface area contributed by atoms with E-state index in [1.807, 2.05) is 24.4 Å². The van der Waals surface area contributed by atoms with E-state index in [-0.39, 0.29) is 6.10 Å². The average Bonchev–Trinajstić information content (AvgIpc) is 2.98. The zero-order valence-corrected chi connectivity index (χ0v) is 12.7. The molecule has 4 nitrogen and oxygen atoms in total. The normalized spacial score (nSPS) is 22.2. The summed E-state index contributed by atoms with van der Waals surface area (Å²) in [7, 11) is 2.10. The van der Waals surface area contributed by atoms with Gasteiger partial charge in [0, 0.05) is 13.1 Å². The van der Waals surface area contributed by atoms with Crippen LogP contribution < -0.4 is 0 Å². The molecule has 1 saturated carbocycles. The van der Waals surface area contributed by atoms with Gasteiger partial charge in [-0.05, 0) is 44.2 Å². The Kier molecular flexibility index (Phi) is 3.92. The number of hydrogen-bond acceptors (Lipinski definition) is 5. The van der Waals surface area contributed by atoms with Crippen LogP contribution in [0, 0.1) is 12.8 Å². The fourth-order valence-electron chi connectivity index (χ4n) is 2.69.